The standard InChI is InChI=1S/C15H8Cl2O4/c16-10-6-5-9-12(11(10)17)21-15(20)8-4-2-1-3-7(8)13(18)14(9,15)19/h1-6,19-20H. The molecular formula is C15H8Cl2O4. The fourth-order valence-corrected chi connectivity index (χ4v) is 3.37. The summed E-state index contributed by atoms with van der Waals surface area (Å²) in [7, 11) is 0. The maximum Gasteiger partial charge on any atom is 0.276 e. The molecule has 4 rings (SSSR count). The second-order valence-corrected chi connectivity index (χ2v) is 5.85. The van der Waals surface area contributed by atoms with Crippen molar-refractivity contribution in [2.45, 2.75) is 11.4 Å². The zero-order chi connectivity index (χ0) is 15.0. The van der Waals surface area contributed by atoms with E-state index in [2.05, 4.69) is 0 Å². The van der Waals surface area contributed by atoms with Crippen LogP contribution in [-0.2, 0) is 11.4 Å². The van der Waals surface area contributed by atoms with Crippen molar-refractivity contribution in [1.82, 2.24) is 0 Å². The first-order chi connectivity index (χ1) is 9.91. The SMILES string of the molecule is O=C1c2ccccc2C2(O)Oc3c(ccc(Cl)c3Cl)C12O. The molecule has 1 aliphatic heterocycles. The predicted molar refractivity (Wildman–Crippen MR) is 75.7 cm³/mol. The summed E-state index contributed by atoms with van der Waals surface area (Å²) in [4.78, 5) is 12.6. The number of hydrogen-bond acceptors (Lipinski definition) is 4. The molecule has 4 nitrogen and oxygen atoms in total. The van der Waals surface area contributed by atoms with Crippen LogP contribution in [0.2, 0.25) is 10.0 Å². The number of ketones is 1. The smallest absolute Gasteiger partial charge is 0.276 e. The van der Waals surface area contributed by atoms with Crippen molar-refractivity contribution in [3.63, 3.8) is 0 Å². The Balaban J connectivity index is 2.07. The Hall–Kier alpha value is -1.59. The van der Waals surface area contributed by atoms with Crippen molar-refractivity contribution >= 4 is 29.0 Å². The van der Waals surface area contributed by atoms with Crippen LogP contribution in [0.15, 0.2) is 36.4 Å². The van der Waals surface area contributed by atoms with Gasteiger partial charge >= 0.3 is 0 Å². The highest BCUT2D eigenvalue weighted by molar-refractivity contribution is 6.43. The van der Waals surface area contributed by atoms with Crippen molar-refractivity contribution in [3.8, 4) is 5.75 Å². The average Bonchev–Trinajstić information content (AvgIpc) is 2.81. The maximum absolute atomic E-state index is 12.6. The van der Waals surface area contributed by atoms with E-state index in [0.29, 0.717) is 0 Å². The largest absolute Gasteiger partial charge is 0.452 e. The fraction of sp³-hybridized carbons (Fsp3) is 0.133. The monoisotopic (exact) mass is 322 g/mol. The average molecular weight is 323 g/mol. The van der Waals surface area contributed by atoms with Crippen LogP contribution in [0.5, 0.6) is 5.75 Å². The molecule has 106 valence electrons. The summed E-state index contributed by atoms with van der Waals surface area (Å²) in [5.41, 5.74) is -1.68. The van der Waals surface area contributed by atoms with Gasteiger partial charge in [-0.1, -0.05) is 53.5 Å². The molecule has 0 fully saturated rings. The Bertz CT molecular complexity index is 819. The first-order valence-electron chi connectivity index (χ1n) is 6.18. The van der Waals surface area contributed by atoms with Gasteiger partial charge in [0.25, 0.3) is 5.79 Å². The Labute approximate surface area is 129 Å². The Morgan fingerprint density at radius 1 is 1.00 bits per heavy atom. The van der Waals surface area contributed by atoms with Gasteiger partial charge in [0.15, 0.2) is 5.75 Å². The van der Waals surface area contributed by atoms with Crippen LogP contribution in [0.25, 0.3) is 0 Å². The van der Waals surface area contributed by atoms with Crippen LogP contribution >= 0.6 is 23.2 Å². The number of rotatable bonds is 0. The Morgan fingerprint density at radius 3 is 2.48 bits per heavy atom. The number of fused-ring (bicyclic) bond motifs is 5. The Kier molecular flexibility index (Phi) is 2.36. The molecule has 0 saturated heterocycles. The zero-order valence-electron chi connectivity index (χ0n) is 10.4. The minimum absolute atomic E-state index is 0.0250. The van der Waals surface area contributed by atoms with Gasteiger partial charge < -0.3 is 14.9 Å². The summed E-state index contributed by atoms with van der Waals surface area (Å²) in [5, 5.41) is 22.0. The highest BCUT2D eigenvalue weighted by atomic mass is 35.5. The minimum atomic E-state index is -2.22. The Morgan fingerprint density at radius 2 is 1.71 bits per heavy atom. The molecule has 2 aromatic carbocycles. The molecule has 1 heterocycles. The first kappa shape index (κ1) is 13.1. The lowest BCUT2D eigenvalue weighted by atomic mass is 9.87. The van der Waals surface area contributed by atoms with E-state index < -0.39 is 17.2 Å². The van der Waals surface area contributed by atoms with Crippen LogP contribution in [0, 0.1) is 0 Å². The van der Waals surface area contributed by atoms with E-state index in [1.165, 1.54) is 24.3 Å². The van der Waals surface area contributed by atoms with Crippen LogP contribution in [0.4, 0.5) is 0 Å². The highest BCUT2D eigenvalue weighted by Gasteiger charge is 2.70. The van der Waals surface area contributed by atoms with Gasteiger partial charge in [0.05, 0.1) is 5.02 Å². The molecule has 2 atom stereocenters. The lowest BCUT2D eigenvalue weighted by Gasteiger charge is -2.28. The third-order valence-electron chi connectivity index (χ3n) is 4.05. The van der Waals surface area contributed by atoms with Crippen LogP contribution in [0.1, 0.15) is 21.5 Å². The molecule has 0 bridgehead atoms. The summed E-state index contributed by atoms with van der Waals surface area (Å²) in [6.07, 6.45) is 0. The van der Waals surface area contributed by atoms with E-state index in [1.54, 1.807) is 12.1 Å². The van der Waals surface area contributed by atoms with Gasteiger partial charge in [-0.25, -0.2) is 0 Å². The van der Waals surface area contributed by atoms with Crippen molar-refractivity contribution in [3.05, 3.63) is 63.1 Å². The number of carbonyl (C=O) groups is 1. The molecule has 0 amide bonds. The third-order valence-corrected chi connectivity index (χ3v) is 4.83. The molecule has 6 heteroatoms. The topological polar surface area (TPSA) is 66.8 Å². The normalized spacial score (nSPS) is 28.9. The van der Waals surface area contributed by atoms with Crippen LogP contribution in [-0.4, -0.2) is 16.0 Å². The van der Waals surface area contributed by atoms with E-state index in [4.69, 9.17) is 27.9 Å². The van der Waals surface area contributed by atoms with E-state index in [9.17, 15) is 15.0 Å². The van der Waals surface area contributed by atoms with E-state index in [-0.39, 0.29) is 32.5 Å². The van der Waals surface area contributed by atoms with Gasteiger partial charge in [0, 0.05) is 16.7 Å². The zero-order valence-corrected chi connectivity index (χ0v) is 11.9. The van der Waals surface area contributed by atoms with Gasteiger partial charge in [0.1, 0.15) is 5.02 Å². The lowest BCUT2D eigenvalue weighted by Crippen LogP contribution is -2.48. The van der Waals surface area contributed by atoms with Gasteiger partial charge in [-0.3, -0.25) is 4.79 Å². The number of Topliss-reactive ketones (excluding diaryl/α,β-unsaturated/α-hetero) is 1. The van der Waals surface area contributed by atoms with E-state index >= 15 is 0 Å². The molecule has 0 spiro atoms. The summed E-state index contributed by atoms with van der Waals surface area (Å²) in [6.45, 7) is 0. The summed E-state index contributed by atoms with van der Waals surface area (Å²) in [5.74, 6) is -2.80. The van der Waals surface area contributed by atoms with E-state index in [0.717, 1.165) is 0 Å². The number of ether oxygens (including phenoxy) is 1. The predicted octanol–water partition coefficient (Wildman–Crippen LogP) is 2.62. The number of benzene rings is 2. The molecular weight excluding hydrogens is 315 g/mol. The first-order valence-corrected chi connectivity index (χ1v) is 6.93. The highest BCUT2D eigenvalue weighted by Crippen LogP contribution is 2.60. The van der Waals surface area contributed by atoms with E-state index in [1.807, 2.05) is 0 Å². The summed E-state index contributed by atoms with van der Waals surface area (Å²) >= 11 is 12.0. The second-order valence-electron chi connectivity index (χ2n) is 5.07. The molecule has 2 aliphatic rings. The van der Waals surface area contributed by atoms with Gasteiger partial charge in [-0.15, -0.1) is 0 Å². The van der Waals surface area contributed by atoms with Gasteiger partial charge in [0.2, 0.25) is 11.4 Å². The van der Waals surface area contributed by atoms with Crippen molar-refractivity contribution in [1.29, 1.82) is 0 Å². The maximum atomic E-state index is 12.6. The molecule has 2 N–H and O–H groups in total. The van der Waals surface area contributed by atoms with Crippen molar-refractivity contribution in [2.75, 3.05) is 0 Å². The third kappa shape index (κ3) is 1.27. The summed E-state index contributed by atoms with van der Waals surface area (Å²) in [6, 6.07) is 9.26. The molecule has 0 aromatic heterocycles. The summed E-state index contributed by atoms with van der Waals surface area (Å²) < 4.78 is 5.50. The lowest BCUT2D eigenvalue weighted by molar-refractivity contribution is -0.224. The second kappa shape index (κ2) is 3.78. The number of carbonyl (C=O) groups excluding carboxylic acids is 1. The quantitative estimate of drug-likeness (QED) is 0.782. The molecule has 2 unspecified atom stereocenters. The molecule has 1 aliphatic carbocycles. The molecule has 2 aromatic rings. The molecule has 0 radical (unpaired) electrons. The number of hydrogen-bond donors (Lipinski definition) is 2. The van der Waals surface area contributed by atoms with Crippen molar-refractivity contribution < 1.29 is 19.7 Å². The van der Waals surface area contributed by atoms with Gasteiger partial charge in [-0.2, -0.15) is 0 Å². The van der Waals surface area contributed by atoms with Crippen molar-refractivity contribution in [2.24, 2.45) is 0 Å². The molecule has 21 heavy (non-hydrogen) atoms. The molecule has 0 saturated carbocycles. The van der Waals surface area contributed by atoms with Crippen LogP contribution in [0.3, 0.4) is 0 Å². The number of halogens is 2. The van der Waals surface area contributed by atoms with Gasteiger partial charge in [-0.05, 0) is 6.07 Å². The fourth-order valence-electron chi connectivity index (χ4n) is 3.02. The van der Waals surface area contributed by atoms with Crippen LogP contribution < -0.4 is 4.74 Å². The minimum Gasteiger partial charge on any atom is -0.452 e. The number of aliphatic hydroxyl groups is 2.